The molecule has 0 atom stereocenters. The SMILES string of the molecule is CCOC(=O)c1cnc(NCC(=O)NCC(=O)O)nc1C. The van der Waals surface area contributed by atoms with Crippen LogP contribution >= 0.6 is 0 Å². The molecule has 21 heavy (non-hydrogen) atoms. The first kappa shape index (κ1) is 16.3. The summed E-state index contributed by atoms with van der Waals surface area (Å²) in [6.45, 7) is 2.93. The van der Waals surface area contributed by atoms with Crippen molar-refractivity contribution >= 4 is 23.8 Å². The molecule has 9 nitrogen and oxygen atoms in total. The van der Waals surface area contributed by atoms with Crippen molar-refractivity contribution < 1.29 is 24.2 Å². The predicted octanol–water partition coefficient (Wildman–Crippen LogP) is -0.426. The van der Waals surface area contributed by atoms with E-state index < -0.39 is 24.4 Å². The van der Waals surface area contributed by atoms with E-state index in [-0.39, 0.29) is 24.7 Å². The number of nitrogens with one attached hydrogen (secondary N) is 2. The van der Waals surface area contributed by atoms with Crippen LogP contribution in [-0.4, -0.2) is 52.6 Å². The lowest BCUT2D eigenvalue weighted by atomic mass is 10.2. The number of ether oxygens (including phenoxy) is 1. The third kappa shape index (κ3) is 5.43. The van der Waals surface area contributed by atoms with Gasteiger partial charge in [0.05, 0.1) is 24.4 Å². The number of rotatable bonds is 7. The monoisotopic (exact) mass is 296 g/mol. The van der Waals surface area contributed by atoms with E-state index in [1.54, 1.807) is 13.8 Å². The first-order valence-electron chi connectivity index (χ1n) is 6.17. The van der Waals surface area contributed by atoms with E-state index >= 15 is 0 Å². The van der Waals surface area contributed by atoms with Crippen LogP contribution < -0.4 is 10.6 Å². The van der Waals surface area contributed by atoms with Crippen LogP contribution in [0, 0.1) is 6.92 Å². The minimum atomic E-state index is -1.13. The molecule has 1 heterocycles. The molecule has 1 amide bonds. The zero-order chi connectivity index (χ0) is 15.8. The molecule has 3 N–H and O–H groups in total. The summed E-state index contributed by atoms with van der Waals surface area (Å²) in [5.74, 6) is -1.99. The molecule has 0 aliphatic rings. The van der Waals surface area contributed by atoms with Crippen LogP contribution in [0.2, 0.25) is 0 Å². The van der Waals surface area contributed by atoms with Crippen molar-refractivity contribution in [3.63, 3.8) is 0 Å². The average Bonchev–Trinajstić information content (AvgIpc) is 2.43. The second-order valence-corrected chi connectivity index (χ2v) is 3.94. The number of carboxylic acid groups (broad SMARTS) is 1. The summed E-state index contributed by atoms with van der Waals surface area (Å²) >= 11 is 0. The Balaban J connectivity index is 2.58. The first-order valence-corrected chi connectivity index (χ1v) is 6.17. The third-order valence-electron chi connectivity index (χ3n) is 2.32. The number of aryl methyl sites for hydroxylation is 1. The summed E-state index contributed by atoms with van der Waals surface area (Å²) in [6, 6.07) is 0. The highest BCUT2D eigenvalue weighted by Crippen LogP contribution is 2.08. The Labute approximate surface area is 120 Å². The summed E-state index contributed by atoms with van der Waals surface area (Å²) in [4.78, 5) is 41.0. The number of carbonyl (C=O) groups is 3. The maximum Gasteiger partial charge on any atom is 0.341 e. The van der Waals surface area contributed by atoms with Gasteiger partial charge in [-0.2, -0.15) is 0 Å². The van der Waals surface area contributed by atoms with Gasteiger partial charge in [0.1, 0.15) is 6.54 Å². The van der Waals surface area contributed by atoms with Gasteiger partial charge in [-0.3, -0.25) is 9.59 Å². The number of carbonyl (C=O) groups excluding carboxylic acids is 2. The van der Waals surface area contributed by atoms with Gasteiger partial charge in [-0.05, 0) is 13.8 Å². The van der Waals surface area contributed by atoms with E-state index in [9.17, 15) is 14.4 Å². The molecule has 0 unspecified atom stereocenters. The molecule has 0 radical (unpaired) electrons. The Hall–Kier alpha value is -2.71. The molecule has 0 aliphatic heterocycles. The normalized spacial score (nSPS) is 9.81. The third-order valence-corrected chi connectivity index (χ3v) is 2.32. The highest BCUT2D eigenvalue weighted by Gasteiger charge is 2.13. The van der Waals surface area contributed by atoms with Crippen molar-refractivity contribution in [3.05, 3.63) is 17.5 Å². The van der Waals surface area contributed by atoms with E-state index in [0.717, 1.165) is 0 Å². The number of aliphatic carboxylic acids is 1. The molecule has 0 spiro atoms. The minimum Gasteiger partial charge on any atom is -0.480 e. The van der Waals surface area contributed by atoms with Crippen LogP contribution in [-0.2, 0) is 14.3 Å². The molecule has 1 aromatic heterocycles. The average molecular weight is 296 g/mol. The highest BCUT2D eigenvalue weighted by molar-refractivity contribution is 5.90. The topological polar surface area (TPSA) is 131 Å². The van der Waals surface area contributed by atoms with Crippen LogP contribution in [0.25, 0.3) is 0 Å². The smallest absolute Gasteiger partial charge is 0.341 e. The van der Waals surface area contributed by atoms with Gasteiger partial charge in [0.15, 0.2) is 0 Å². The number of carboxylic acids is 1. The van der Waals surface area contributed by atoms with E-state index in [0.29, 0.717) is 5.69 Å². The lowest BCUT2D eigenvalue weighted by Gasteiger charge is -2.08. The lowest BCUT2D eigenvalue weighted by molar-refractivity contribution is -0.137. The molecule has 0 aromatic carbocycles. The van der Waals surface area contributed by atoms with E-state index in [2.05, 4.69) is 20.6 Å². The van der Waals surface area contributed by atoms with E-state index in [1.165, 1.54) is 6.20 Å². The number of esters is 1. The predicted molar refractivity (Wildman–Crippen MR) is 71.9 cm³/mol. The maximum absolute atomic E-state index is 11.5. The fraction of sp³-hybridized carbons (Fsp3) is 0.417. The Bertz CT molecular complexity index is 546. The number of amides is 1. The minimum absolute atomic E-state index is 0.158. The molecule has 0 fully saturated rings. The molecule has 0 bridgehead atoms. The Morgan fingerprint density at radius 2 is 2.05 bits per heavy atom. The second-order valence-electron chi connectivity index (χ2n) is 3.94. The summed E-state index contributed by atoms with van der Waals surface area (Å²) in [6.07, 6.45) is 1.30. The number of nitrogens with zero attached hydrogens (tertiary/aromatic N) is 2. The largest absolute Gasteiger partial charge is 0.480 e. The van der Waals surface area contributed by atoms with Crippen molar-refractivity contribution in [1.82, 2.24) is 15.3 Å². The summed E-state index contributed by atoms with van der Waals surface area (Å²) in [5.41, 5.74) is 0.662. The summed E-state index contributed by atoms with van der Waals surface area (Å²) in [5, 5.41) is 13.2. The number of aromatic nitrogens is 2. The molecular weight excluding hydrogens is 280 g/mol. The molecule has 0 saturated carbocycles. The first-order chi connectivity index (χ1) is 9.93. The lowest BCUT2D eigenvalue weighted by Crippen LogP contribution is -2.34. The zero-order valence-corrected chi connectivity index (χ0v) is 11.7. The fourth-order valence-corrected chi connectivity index (χ4v) is 1.36. The van der Waals surface area contributed by atoms with Crippen LogP contribution in [0.1, 0.15) is 23.0 Å². The highest BCUT2D eigenvalue weighted by atomic mass is 16.5. The number of hydrogen-bond donors (Lipinski definition) is 3. The van der Waals surface area contributed by atoms with Crippen LogP contribution in [0.3, 0.4) is 0 Å². The van der Waals surface area contributed by atoms with E-state index in [4.69, 9.17) is 9.84 Å². The van der Waals surface area contributed by atoms with Gasteiger partial charge in [-0.25, -0.2) is 14.8 Å². The molecule has 0 aliphatic carbocycles. The molecule has 9 heteroatoms. The van der Waals surface area contributed by atoms with Gasteiger partial charge < -0.3 is 20.5 Å². The van der Waals surface area contributed by atoms with Gasteiger partial charge in [0.2, 0.25) is 11.9 Å². The van der Waals surface area contributed by atoms with Gasteiger partial charge >= 0.3 is 11.9 Å². The second kappa shape index (κ2) is 7.78. The Kier molecular flexibility index (Phi) is 6.05. The summed E-state index contributed by atoms with van der Waals surface area (Å²) in [7, 11) is 0. The van der Waals surface area contributed by atoms with Crippen molar-refractivity contribution in [2.45, 2.75) is 13.8 Å². The van der Waals surface area contributed by atoms with Crippen molar-refractivity contribution in [3.8, 4) is 0 Å². The van der Waals surface area contributed by atoms with Crippen molar-refractivity contribution in [2.75, 3.05) is 25.0 Å². The Morgan fingerprint density at radius 1 is 1.33 bits per heavy atom. The zero-order valence-electron chi connectivity index (χ0n) is 11.7. The van der Waals surface area contributed by atoms with Crippen molar-refractivity contribution in [2.24, 2.45) is 0 Å². The van der Waals surface area contributed by atoms with E-state index in [1.807, 2.05) is 0 Å². The van der Waals surface area contributed by atoms with Gasteiger partial charge in [0.25, 0.3) is 0 Å². The Morgan fingerprint density at radius 3 is 2.62 bits per heavy atom. The fourth-order valence-electron chi connectivity index (χ4n) is 1.36. The van der Waals surface area contributed by atoms with Crippen LogP contribution in [0.5, 0.6) is 0 Å². The van der Waals surface area contributed by atoms with Crippen molar-refractivity contribution in [1.29, 1.82) is 0 Å². The maximum atomic E-state index is 11.5. The van der Waals surface area contributed by atoms with Crippen LogP contribution in [0.15, 0.2) is 6.20 Å². The number of hydrogen-bond acceptors (Lipinski definition) is 7. The molecular formula is C12H16N4O5. The molecule has 1 rings (SSSR count). The number of anilines is 1. The summed E-state index contributed by atoms with van der Waals surface area (Å²) < 4.78 is 4.84. The van der Waals surface area contributed by atoms with Gasteiger partial charge in [-0.15, -0.1) is 0 Å². The quantitative estimate of drug-likeness (QED) is 0.578. The molecule has 0 saturated heterocycles. The standard InChI is InChI=1S/C12H16N4O5/c1-3-21-11(20)8-4-14-12(16-7(8)2)15-5-9(17)13-6-10(18)19/h4H,3,5-6H2,1-2H3,(H,13,17)(H,18,19)(H,14,15,16). The van der Waals surface area contributed by atoms with Gasteiger partial charge in [-0.1, -0.05) is 0 Å². The van der Waals surface area contributed by atoms with Gasteiger partial charge in [0, 0.05) is 6.20 Å². The molecule has 114 valence electrons. The molecule has 1 aromatic rings. The van der Waals surface area contributed by atoms with Crippen LogP contribution in [0.4, 0.5) is 5.95 Å².